The van der Waals surface area contributed by atoms with Crippen molar-refractivity contribution in [1.29, 1.82) is 0 Å². The SMILES string of the molecule is Nc1cnnc2c1c(-c1cccc(OCc3ccccc3)c1)cn2C1CC(CN2CCCC2)C1. The summed E-state index contributed by atoms with van der Waals surface area (Å²) >= 11 is 0. The van der Waals surface area contributed by atoms with E-state index >= 15 is 0 Å². The molecule has 0 bridgehead atoms. The van der Waals surface area contributed by atoms with E-state index in [1.807, 2.05) is 30.3 Å². The van der Waals surface area contributed by atoms with Gasteiger partial charge in [-0.25, -0.2) is 0 Å². The molecule has 0 atom stereocenters. The number of aromatic nitrogens is 3. The number of likely N-dealkylation sites (tertiary alicyclic amines) is 1. The first-order valence-electron chi connectivity index (χ1n) is 12.4. The second-order valence-corrected chi connectivity index (χ2v) is 9.75. The number of rotatable bonds is 7. The molecule has 2 fully saturated rings. The van der Waals surface area contributed by atoms with E-state index in [0.717, 1.165) is 39.4 Å². The van der Waals surface area contributed by atoms with Gasteiger partial charge in [0.15, 0.2) is 5.65 Å². The Kier molecular flexibility index (Phi) is 5.67. The fourth-order valence-corrected chi connectivity index (χ4v) is 5.51. The minimum Gasteiger partial charge on any atom is -0.489 e. The van der Waals surface area contributed by atoms with Gasteiger partial charge in [0.05, 0.1) is 17.3 Å². The number of benzene rings is 2. The molecule has 0 unspecified atom stereocenters. The molecule has 6 rings (SSSR count). The lowest BCUT2D eigenvalue weighted by Crippen LogP contribution is -2.35. The van der Waals surface area contributed by atoms with Crippen molar-refractivity contribution in [1.82, 2.24) is 19.7 Å². The average Bonchev–Trinajstić information content (AvgIpc) is 3.49. The number of ether oxygens (including phenoxy) is 1. The molecule has 1 saturated heterocycles. The summed E-state index contributed by atoms with van der Waals surface area (Å²) < 4.78 is 8.40. The quantitative estimate of drug-likeness (QED) is 0.411. The van der Waals surface area contributed by atoms with Crippen LogP contribution in [-0.2, 0) is 6.61 Å². The van der Waals surface area contributed by atoms with Gasteiger partial charge >= 0.3 is 0 Å². The standard InChI is InChI=1S/C28H31N5O/c29-26-16-30-31-28-27(26)25(18-33(28)23-13-21(14-23)17-32-11-4-5-12-32)22-9-6-10-24(15-22)34-19-20-7-2-1-3-8-20/h1-3,6-10,15-16,18,21,23H,4-5,11-14,17,19H2,(H2,29,31). The molecule has 0 spiro atoms. The van der Waals surface area contributed by atoms with Crippen LogP contribution in [0.2, 0.25) is 0 Å². The number of hydrogen-bond donors (Lipinski definition) is 1. The van der Waals surface area contributed by atoms with Crippen LogP contribution in [0.1, 0.15) is 37.3 Å². The molecule has 0 radical (unpaired) electrons. The van der Waals surface area contributed by atoms with Crippen LogP contribution in [0.15, 0.2) is 67.0 Å². The first kappa shape index (κ1) is 21.2. The number of fused-ring (bicyclic) bond motifs is 1. The van der Waals surface area contributed by atoms with Crippen molar-refractivity contribution in [2.24, 2.45) is 5.92 Å². The van der Waals surface area contributed by atoms with Crippen LogP contribution in [0.3, 0.4) is 0 Å². The van der Waals surface area contributed by atoms with Crippen molar-refractivity contribution in [2.75, 3.05) is 25.4 Å². The predicted octanol–water partition coefficient (Wildman–Crippen LogP) is 5.31. The summed E-state index contributed by atoms with van der Waals surface area (Å²) in [5, 5.41) is 9.67. The Morgan fingerprint density at radius 2 is 1.82 bits per heavy atom. The zero-order valence-corrected chi connectivity index (χ0v) is 19.4. The topological polar surface area (TPSA) is 69.2 Å². The lowest BCUT2D eigenvalue weighted by molar-refractivity contribution is 0.145. The molecule has 1 aliphatic heterocycles. The third-order valence-corrected chi connectivity index (χ3v) is 7.36. The maximum atomic E-state index is 6.42. The van der Waals surface area contributed by atoms with Crippen LogP contribution in [0, 0.1) is 5.92 Å². The minimum absolute atomic E-state index is 0.456. The van der Waals surface area contributed by atoms with Gasteiger partial charge in [0.2, 0.25) is 0 Å². The Bertz CT molecular complexity index is 1270. The van der Waals surface area contributed by atoms with Gasteiger partial charge in [0.1, 0.15) is 12.4 Å². The summed E-state index contributed by atoms with van der Waals surface area (Å²) in [4.78, 5) is 2.62. The third kappa shape index (κ3) is 4.14. The van der Waals surface area contributed by atoms with Crippen LogP contribution in [0.5, 0.6) is 5.75 Å². The maximum absolute atomic E-state index is 6.42. The number of anilines is 1. The van der Waals surface area contributed by atoms with Gasteiger partial charge in [-0.2, -0.15) is 5.10 Å². The molecule has 2 aromatic carbocycles. The molecular formula is C28H31N5O. The van der Waals surface area contributed by atoms with E-state index in [1.54, 1.807) is 6.20 Å². The molecule has 0 amide bonds. The maximum Gasteiger partial charge on any atom is 0.165 e. The van der Waals surface area contributed by atoms with E-state index in [2.05, 4.69) is 50.1 Å². The molecule has 174 valence electrons. The van der Waals surface area contributed by atoms with Gasteiger partial charge in [0.25, 0.3) is 0 Å². The summed E-state index contributed by atoms with van der Waals surface area (Å²) in [5.74, 6) is 1.62. The number of nitrogens with two attached hydrogens (primary N) is 1. The van der Waals surface area contributed by atoms with Crippen LogP contribution < -0.4 is 10.5 Å². The molecule has 34 heavy (non-hydrogen) atoms. The van der Waals surface area contributed by atoms with E-state index in [0.29, 0.717) is 18.3 Å². The monoisotopic (exact) mass is 453 g/mol. The van der Waals surface area contributed by atoms with Gasteiger partial charge in [-0.3, -0.25) is 0 Å². The van der Waals surface area contributed by atoms with E-state index in [4.69, 9.17) is 10.5 Å². The Balaban J connectivity index is 1.25. The highest BCUT2D eigenvalue weighted by atomic mass is 16.5. The number of nitrogen functional groups attached to an aromatic ring is 1. The Hall–Kier alpha value is -3.38. The van der Waals surface area contributed by atoms with E-state index in [1.165, 1.54) is 45.3 Å². The van der Waals surface area contributed by atoms with Crippen molar-refractivity contribution >= 4 is 16.7 Å². The van der Waals surface area contributed by atoms with Gasteiger partial charge in [-0.15, -0.1) is 5.10 Å². The second-order valence-electron chi connectivity index (χ2n) is 9.75. The van der Waals surface area contributed by atoms with Crippen molar-refractivity contribution < 1.29 is 4.74 Å². The molecule has 1 aliphatic carbocycles. The lowest BCUT2D eigenvalue weighted by Gasteiger charge is -2.38. The van der Waals surface area contributed by atoms with Gasteiger partial charge < -0.3 is 19.9 Å². The average molecular weight is 454 g/mol. The van der Waals surface area contributed by atoms with Crippen molar-refractivity contribution in [2.45, 2.75) is 38.3 Å². The Morgan fingerprint density at radius 3 is 2.65 bits per heavy atom. The Morgan fingerprint density at radius 1 is 1.00 bits per heavy atom. The summed E-state index contributed by atoms with van der Waals surface area (Å²) in [5.41, 5.74) is 11.3. The van der Waals surface area contributed by atoms with E-state index in [-0.39, 0.29) is 0 Å². The molecule has 2 aliphatic rings. The molecule has 6 nitrogen and oxygen atoms in total. The minimum atomic E-state index is 0.456. The Labute approximate surface area is 200 Å². The van der Waals surface area contributed by atoms with Gasteiger partial charge in [0, 0.05) is 24.3 Å². The summed E-state index contributed by atoms with van der Waals surface area (Å²) in [7, 11) is 0. The normalized spacial score (nSPS) is 20.5. The fraction of sp³-hybridized carbons (Fsp3) is 0.357. The van der Waals surface area contributed by atoms with Gasteiger partial charge in [-0.1, -0.05) is 42.5 Å². The smallest absolute Gasteiger partial charge is 0.165 e. The number of hydrogen-bond acceptors (Lipinski definition) is 5. The summed E-state index contributed by atoms with van der Waals surface area (Å²) in [6.07, 6.45) is 8.97. The highest BCUT2D eigenvalue weighted by molar-refractivity contribution is 6.01. The van der Waals surface area contributed by atoms with Crippen LogP contribution in [0.25, 0.3) is 22.2 Å². The summed E-state index contributed by atoms with van der Waals surface area (Å²) in [6.45, 7) is 4.31. The highest BCUT2D eigenvalue weighted by Crippen LogP contribution is 2.43. The molecular weight excluding hydrogens is 422 g/mol. The first-order valence-corrected chi connectivity index (χ1v) is 12.4. The van der Waals surface area contributed by atoms with Gasteiger partial charge in [-0.05, 0) is 68.0 Å². The highest BCUT2D eigenvalue weighted by Gasteiger charge is 2.34. The van der Waals surface area contributed by atoms with E-state index < -0.39 is 0 Å². The summed E-state index contributed by atoms with van der Waals surface area (Å²) in [6, 6.07) is 18.9. The number of nitrogens with zero attached hydrogens (tertiary/aromatic N) is 4. The second kappa shape index (κ2) is 9.11. The molecule has 1 saturated carbocycles. The zero-order valence-electron chi connectivity index (χ0n) is 19.4. The fourth-order valence-electron chi connectivity index (χ4n) is 5.51. The van der Waals surface area contributed by atoms with Crippen LogP contribution in [0.4, 0.5) is 5.69 Å². The van der Waals surface area contributed by atoms with Crippen molar-refractivity contribution in [3.05, 3.63) is 72.6 Å². The predicted molar refractivity (Wildman–Crippen MR) is 136 cm³/mol. The molecule has 4 aromatic rings. The first-order chi connectivity index (χ1) is 16.7. The third-order valence-electron chi connectivity index (χ3n) is 7.36. The van der Waals surface area contributed by atoms with E-state index in [9.17, 15) is 0 Å². The lowest BCUT2D eigenvalue weighted by atomic mass is 9.79. The van der Waals surface area contributed by atoms with Crippen LogP contribution >= 0.6 is 0 Å². The molecule has 3 heterocycles. The van der Waals surface area contributed by atoms with Crippen LogP contribution in [-0.4, -0.2) is 39.3 Å². The van der Waals surface area contributed by atoms with Crippen molar-refractivity contribution in [3.8, 4) is 16.9 Å². The zero-order chi connectivity index (χ0) is 22.9. The van der Waals surface area contributed by atoms with Crippen molar-refractivity contribution in [3.63, 3.8) is 0 Å². The molecule has 6 heteroatoms. The largest absolute Gasteiger partial charge is 0.489 e. The molecule has 2 N–H and O–H groups in total. The molecule has 2 aromatic heterocycles.